The molecule has 1 aromatic carbocycles. The number of aromatic nitrogens is 1. The topological polar surface area (TPSA) is 56.3 Å². The fourth-order valence-corrected chi connectivity index (χ4v) is 2.48. The van der Waals surface area contributed by atoms with Crippen molar-refractivity contribution in [1.29, 1.82) is 0 Å². The van der Waals surface area contributed by atoms with Crippen LogP contribution >= 0.6 is 0 Å². The number of rotatable bonds is 6. The molecule has 0 radical (unpaired) electrons. The number of fused-ring (bicyclic) bond motifs is 1. The predicted molar refractivity (Wildman–Crippen MR) is 80.7 cm³/mol. The third-order valence-electron chi connectivity index (χ3n) is 3.64. The minimum atomic E-state index is 0.0197. The van der Waals surface area contributed by atoms with Crippen LogP contribution in [-0.4, -0.2) is 40.6 Å². The highest BCUT2D eigenvalue weighted by atomic mass is 16.3. The minimum absolute atomic E-state index is 0.0197. The molecule has 4 heteroatoms. The summed E-state index contributed by atoms with van der Waals surface area (Å²) in [4.78, 5) is 17.0. The number of aliphatic hydroxyl groups excluding tert-OH is 1. The maximum absolute atomic E-state index is 12.1. The number of H-pyrrole nitrogens is 1. The van der Waals surface area contributed by atoms with E-state index in [0.717, 1.165) is 11.9 Å². The molecule has 1 heterocycles. The molecular weight excluding hydrogens is 252 g/mol. The average Bonchev–Trinajstić information content (AvgIpc) is 2.84. The van der Waals surface area contributed by atoms with Crippen LogP contribution < -0.4 is 0 Å². The molecule has 0 atom stereocenters. The number of nitrogens with one attached hydrogen (secondary N) is 1. The molecule has 0 bridgehead atoms. The molecule has 2 rings (SSSR count). The van der Waals surface area contributed by atoms with E-state index in [9.17, 15) is 4.79 Å². The van der Waals surface area contributed by atoms with E-state index in [1.165, 1.54) is 16.5 Å². The third-order valence-corrected chi connectivity index (χ3v) is 3.64. The smallest absolute Gasteiger partial charge is 0.222 e. The van der Waals surface area contributed by atoms with E-state index in [0.29, 0.717) is 19.5 Å². The van der Waals surface area contributed by atoms with Crippen LogP contribution in [-0.2, 0) is 11.2 Å². The monoisotopic (exact) mass is 274 g/mol. The van der Waals surface area contributed by atoms with Gasteiger partial charge in [0.2, 0.25) is 5.91 Å². The Morgan fingerprint density at radius 2 is 2.20 bits per heavy atom. The van der Waals surface area contributed by atoms with Gasteiger partial charge in [0.25, 0.3) is 0 Å². The second-order valence-electron chi connectivity index (χ2n) is 5.06. The molecule has 108 valence electrons. The van der Waals surface area contributed by atoms with Gasteiger partial charge in [0.05, 0.1) is 6.61 Å². The highest BCUT2D eigenvalue weighted by Gasteiger charge is 2.12. The molecule has 2 N–H and O–H groups in total. The second-order valence-corrected chi connectivity index (χ2v) is 5.06. The van der Waals surface area contributed by atoms with Crippen molar-refractivity contribution in [2.45, 2.75) is 26.7 Å². The molecule has 1 amide bonds. The van der Waals surface area contributed by atoms with Crippen LogP contribution in [0.2, 0.25) is 0 Å². The number of amides is 1. The zero-order valence-corrected chi connectivity index (χ0v) is 12.1. The Labute approximate surface area is 119 Å². The molecule has 0 aliphatic heterocycles. The van der Waals surface area contributed by atoms with Crippen molar-refractivity contribution in [3.05, 3.63) is 35.5 Å². The van der Waals surface area contributed by atoms with Crippen molar-refractivity contribution in [2.24, 2.45) is 0 Å². The van der Waals surface area contributed by atoms with E-state index in [1.807, 2.05) is 13.1 Å². The predicted octanol–water partition coefficient (Wildman–Crippen LogP) is 2.25. The average molecular weight is 274 g/mol. The Kier molecular flexibility index (Phi) is 4.79. The Morgan fingerprint density at radius 1 is 1.40 bits per heavy atom. The first-order valence-corrected chi connectivity index (χ1v) is 7.11. The lowest BCUT2D eigenvalue weighted by atomic mass is 10.1. The van der Waals surface area contributed by atoms with Gasteiger partial charge in [0.1, 0.15) is 0 Å². The Bertz CT molecular complexity index is 589. The normalized spacial score (nSPS) is 10.9. The lowest BCUT2D eigenvalue weighted by molar-refractivity contribution is -0.131. The lowest BCUT2D eigenvalue weighted by Crippen LogP contribution is -2.33. The Balaban J connectivity index is 2.05. The Morgan fingerprint density at radius 3 is 2.90 bits per heavy atom. The molecular formula is C16H22N2O2. The number of aryl methyl sites for hydroxylation is 2. The minimum Gasteiger partial charge on any atom is -0.395 e. The summed E-state index contributed by atoms with van der Waals surface area (Å²) in [6.07, 6.45) is 3.19. The van der Waals surface area contributed by atoms with Crippen molar-refractivity contribution in [3.8, 4) is 0 Å². The maximum atomic E-state index is 12.1. The van der Waals surface area contributed by atoms with Gasteiger partial charge in [0.15, 0.2) is 0 Å². The molecule has 0 unspecified atom stereocenters. The van der Waals surface area contributed by atoms with Crippen LogP contribution in [0.3, 0.4) is 0 Å². The van der Waals surface area contributed by atoms with Gasteiger partial charge in [-0.2, -0.15) is 0 Å². The van der Waals surface area contributed by atoms with Crippen molar-refractivity contribution in [1.82, 2.24) is 9.88 Å². The summed E-state index contributed by atoms with van der Waals surface area (Å²) in [5.74, 6) is 0.101. The third kappa shape index (κ3) is 3.20. The van der Waals surface area contributed by atoms with Crippen molar-refractivity contribution in [2.75, 3.05) is 19.7 Å². The molecule has 20 heavy (non-hydrogen) atoms. The summed E-state index contributed by atoms with van der Waals surface area (Å²) in [6, 6.07) is 6.30. The van der Waals surface area contributed by atoms with Gasteiger partial charge < -0.3 is 15.0 Å². The molecule has 0 aliphatic carbocycles. The van der Waals surface area contributed by atoms with Crippen molar-refractivity contribution >= 4 is 16.8 Å². The van der Waals surface area contributed by atoms with Crippen LogP contribution in [0.5, 0.6) is 0 Å². The molecule has 0 fully saturated rings. The summed E-state index contributed by atoms with van der Waals surface area (Å²) >= 11 is 0. The van der Waals surface area contributed by atoms with E-state index in [2.05, 4.69) is 30.1 Å². The number of carbonyl (C=O) groups excluding carboxylic acids is 1. The van der Waals surface area contributed by atoms with Crippen LogP contribution in [0.1, 0.15) is 24.5 Å². The van der Waals surface area contributed by atoms with Gasteiger partial charge >= 0.3 is 0 Å². The van der Waals surface area contributed by atoms with Crippen LogP contribution in [0.4, 0.5) is 0 Å². The maximum Gasteiger partial charge on any atom is 0.222 e. The lowest BCUT2D eigenvalue weighted by Gasteiger charge is -2.19. The van der Waals surface area contributed by atoms with Gasteiger partial charge in [-0.15, -0.1) is 0 Å². The highest BCUT2D eigenvalue weighted by molar-refractivity contribution is 5.84. The number of likely N-dealkylation sites (N-methyl/N-ethyl adjacent to an activating group) is 1. The number of hydrogen-bond donors (Lipinski definition) is 2. The highest BCUT2D eigenvalue weighted by Crippen LogP contribution is 2.21. The van der Waals surface area contributed by atoms with E-state index in [-0.39, 0.29) is 12.5 Å². The van der Waals surface area contributed by atoms with Gasteiger partial charge in [-0.3, -0.25) is 4.79 Å². The van der Waals surface area contributed by atoms with Gasteiger partial charge in [-0.25, -0.2) is 0 Å². The van der Waals surface area contributed by atoms with Crippen molar-refractivity contribution in [3.63, 3.8) is 0 Å². The Hall–Kier alpha value is -1.81. The quantitative estimate of drug-likeness (QED) is 0.849. The van der Waals surface area contributed by atoms with E-state index >= 15 is 0 Å². The molecule has 0 spiro atoms. The van der Waals surface area contributed by atoms with E-state index < -0.39 is 0 Å². The number of benzene rings is 1. The van der Waals surface area contributed by atoms with Crippen molar-refractivity contribution < 1.29 is 9.90 Å². The summed E-state index contributed by atoms with van der Waals surface area (Å²) in [6.45, 7) is 5.09. The number of nitrogens with zero attached hydrogens (tertiary/aromatic N) is 1. The zero-order chi connectivity index (χ0) is 14.5. The first-order chi connectivity index (χ1) is 9.65. The standard InChI is InChI=1S/C16H22N2O2/c1-3-18(8-9-19)16(20)7-5-13-11-17-15-6-4-12(2)10-14(13)15/h4,6,10-11,17,19H,3,5,7-9H2,1-2H3. The molecule has 1 aromatic heterocycles. The molecule has 2 aromatic rings. The summed E-state index contributed by atoms with van der Waals surface area (Å²) in [5.41, 5.74) is 3.51. The van der Waals surface area contributed by atoms with Gasteiger partial charge in [0, 0.05) is 36.6 Å². The molecule has 0 saturated heterocycles. The van der Waals surface area contributed by atoms with Crippen LogP contribution in [0.15, 0.2) is 24.4 Å². The molecule has 0 aliphatic rings. The summed E-state index contributed by atoms with van der Waals surface area (Å²) in [7, 11) is 0. The number of aliphatic hydroxyl groups is 1. The van der Waals surface area contributed by atoms with Gasteiger partial charge in [-0.1, -0.05) is 11.6 Å². The van der Waals surface area contributed by atoms with Crippen LogP contribution in [0, 0.1) is 6.92 Å². The number of carbonyl (C=O) groups is 1. The summed E-state index contributed by atoms with van der Waals surface area (Å²) in [5, 5.41) is 10.1. The van der Waals surface area contributed by atoms with E-state index in [4.69, 9.17) is 5.11 Å². The number of aromatic amines is 1. The first-order valence-electron chi connectivity index (χ1n) is 7.11. The molecule has 4 nitrogen and oxygen atoms in total. The zero-order valence-electron chi connectivity index (χ0n) is 12.1. The van der Waals surface area contributed by atoms with Gasteiger partial charge in [-0.05, 0) is 38.0 Å². The van der Waals surface area contributed by atoms with E-state index in [1.54, 1.807) is 4.90 Å². The fourth-order valence-electron chi connectivity index (χ4n) is 2.48. The second kappa shape index (κ2) is 6.57. The largest absolute Gasteiger partial charge is 0.395 e. The summed E-state index contributed by atoms with van der Waals surface area (Å²) < 4.78 is 0. The SMILES string of the molecule is CCN(CCO)C(=O)CCc1c[nH]c2ccc(C)cc12. The molecule has 0 saturated carbocycles. The number of hydrogen-bond acceptors (Lipinski definition) is 2. The van der Waals surface area contributed by atoms with Crippen LogP contribution in [0.25, 0.3) is 10.9 Å². The first kappa shape index (κ1) is 14.6. The fraction of sp³-hybridized carbons (Fsp3) is 0.438.